The second-order valence-corrected chi connectivity index (χ2v) is 5.17. The van der Waals surface area contributed by atoms with E-state index in [4.69, 9.17) is 14.9 Å². The Morgan fingerprint density at radius 3 is 2.79 bits per heavy atom. The van der Waals surface area contributed by atoms with Gasteiger partial charge in [0.15, 0.2) is 18.0 Å². The van der Waals surface area contributed by atoms with Gasteiger partial charge in [0.25, 0.3) is 5.91 Å². The molecule has 3 N–H and O–H groups in total. The van der Waals surface area contributed by atoms with Crippen LogP contribution < -0.4 is 10.1 Å². The van der Waals surface area contributed by atoms with Gasteiger partial charge in [0.05, 0.1) is 5.69 Å². The van der Waals surface area contributed by atoms with Gasteiger partial charge in [-0.2, -0.15) is 0 Å². The van der Waals surface area contributed by atoms with Crippen LogP contribution in [0.4, 0.5) is 0 Å². The molecule has 0 spiro atoms. The summed E-state index contributed by atoms with van der Waals surface area (Å²) in [4.78, 5) is 37.7. The van der Waals surface area contributed by atoms with Crippen LogP contribution in [-0.4, -0.2) is 50.1 Å². The van der Waals surface area contributed by atoms with Gasteiger partial charge in [0, 0.05) is 18.8 Å². The molecule has 0 bridgehead atoms. The van der Waals surface area contributed by atoms with E-state index in [1.54, 1.807) is 28.9 Å². The Morgan fingerprint density at radius 1 is 1.38 bits per heavy atom. The highest BCUT2D eigenvalue weighted by Gasteiger charge is 2.21. The molecule has 0 saturated carbocycles. The largest absolute Gasteiger partial charge is 0.481 e. The highest BCUT2D eigenvalue weighted by molar-refractivity contribution is 5.84. The van der Waals surface area contributed by atoms with Crippen molar-refractivity contribution in [2.45, 2.75) is 25.8 Å². The molecule has 0 aliphatic rings. The molecule has 1 unspecified atom stereocenters. The molecule has 0 radical (unpaired) electrons. The molecule has 0 aliphatic heterocycles. The van der Waals surface area contributed by atoms with Crippen molar-refractivity contribution >= 4 is 23.5 Å². The van der Waals surface area contributed by atoms with E-state index in [1.165, 1.54) is 0 Å². The summed E-state index contributed by atoms with van der Waals surface area (Å²) in [7, 11) is 0. The van der Waals surface area contributed by atoms with E-state index in [0.717, 1.165) is 5.69 Å². The van der Waals surface area contributed by atoms with Gasteiger partial charge in [0.1, 0.15) is 6.04 Å². The molecule has 1 atom stereocenters. The first-order chi connectivity index (χ1) is 11.4. The minimum Gasteiger partial charge on any atom is -0.481 e. The van der Waals surface area contributed by atoms with E-state index >= 15 is 0 Å². The third-order valence-electron chi connectivity index (χ3n) is 3.21. The number of amides is 1. The van der Waals surface area contributed by atoms with E-state index in [1.807, 2.05) is 6.92 Å². The summed E-state index contributed by atoms with van der Waals surface area (Å²) in [6.07, 6.45) is 3.03. The first-order valence-corrected chi connectivity index (χ1v) is 7.18. The van der Waals surface area contributed by atoms with Crippen LogP contribution >= 0.6 is 0 Å². The number of rotatable bonds is 8. The molecule has 1 amide bonds. The molecule has 2 aromatic rings. The number of aryl methyl sites for hydroxylation is 1. The first kappa shape index (κ1) is 17.3. The Balaban J connectivity index is 1.96. The number of imidazole rings is 1. The number of pyridine rings is 1. The average molecular weight is 335 g/mol. The summed E-state index contributed by atoms with van der Waals surface area (Å²) in [5.41, 5.74) is 1.33. The van der Waals surface area contributed by atoms with Gasteiger partial charge in [-0.25, -0.2) is 9.78 Å². The zero-order valence-electron chi connectivity index (χ0n) is 12.9. The van der Waals surface area contributed by atoms with Gasteiger partial charge in [0.2, 0.25) is 0 Å². The van der Waals surface area contributed by atoms with Crippen molar-refractivity contribution < 1.29 is 29.3 Å². The van der Waals surface area contributed by atoms with E-state index in [-0.39, 0.29) is 12.8 Å². The van der Waals surface area contributed by atoms with Crippen molar-refractivity contribution in [1.82, 2.24) is 14.7 Å². The lowest BCUT2D eigenvalue weighted by Gasteiger charge is -2.14. The van der Waals surface area contributed by atoms with Gasteiger partial charge in [-0.15, -0.1) is 0 Å². The number of carboxylic acids is 2. The van der Waals surface area contributed by atoms with Gasteiger partial charge in [-0.05, 0) is 25.5 Å². The third-order valence-corrected chi connectivity index (χ3v) is 3.21. The summed E-state index contributed by atoms with van der Waals surface area (Å²) in [6.45, 7) is 1.42. The number of ether oxygens (including phenoxy) is 1. The lowest BCUT2D eigenvalue weighted by atomic mass is 10.1. The summed E-state index contributed by atoms with van der Waals surface area (Å²) >= 11 is 0. The number of nitrogens with one attached hydrogen (secondary N) is 1. The number of nitrogens with zero attached hydrogens (tertiary/aromatic N) is 2. The van der Waals surface area contributed by atoms with Crippen molar-refractivity contribution in [1.29, 1.82) is 0 Å². The number of carbonyl (C=O) groups excluding carboxylic acids is 1. The number of hydrogen-bond acceptors (Lipinski definition) is 5. The molecule has 0 aromatic carbocycles. The van der Waals surface area contributed by atoms with Gasteiger partial charge in [-0.3, -0.25) is 9.59 Å². The van der Waals surface area contributed by atoms with Gasteiger partial charge < -0.3 is 24.7 Å². The Labute approximate surface area is 136 Å². The SMILES string of the molecule is Cc1cn2cccc(OCC(=O)NC(CCC(=O)O)C(=O)O)c2n1. The highest BCUT2D eigenvalue weighted by Crippen LogP contribution is 2.18. The number of fused-ring (bicyclic) bond motifs is 1. The molecule has 2 aromatic heterocycles. The van der Waals surface area contributed by atoms with E-state index in [2.05, 4.69) is 10.3 Å². The predicted octanol–water partition coefficient (Wildman–Crippen LogP) is 0.456. The fraction of sp³-hybridized carbons (Fsp3) is 0.333. The highest BCUT2D eigenvalue weighted by atomic mass is 16.5. The Kier molecular flexibility index (Phi) is 5.35. The summed E-state index contributed by atoms with van der Waals surface area (Å²) in [5, 5.41) is 19.8. The molecule has 0 aliphatic carbocycles. The van der Waals surface area contributed by atoms with Crippen LogP contribution in [-0.2, 0) is 14.4 Å². The van der Waals surface area contributed by atoms with Crippen molar-refractivity contribution in [3.8, 4) is 5.75 Å². The zero-order chi connectivity index (χ0) is 17.7. The third kappa shape index (κ3) is 4.45. The van der Waals surface area contributed by atoms with Crippen molar-refractivity contribution in [2.24, 2.45) is 0 Å². The molecule has 9 heteroatoms. The molecule has 128 valence electrons. The van der Waals surface area contributed by atoms with E-state index in [9.17, 15) is 14.4 Å². The predicted molar refractivity (Wildman–Crippen MR) is 81.9 cm³/mol. The van der Waals surface area contributed by atoms with Crippen molar-refractivity contribution in [3.63, 3.8) is 0 Å². The Bertz CT molecular complexity index is 770. The van der Waals surface area contributed by atoms with E-state index < -0.39 is 30.5 Å². The van der Waals surface area contributed by atoms with Gasteiger partial charge >= 0.3 is 11.9 Å². The van der Waals surface area contributed by atoms with Crippen LogP contribution in [0.3, 0.4) is 0 Å². The van der Waals surface area contributed by atoms with Crippen LogP contribution in [0.15, 0.2) is 24.5 Å². The molecule has 24 heavy (non-hydrogen) atoms. The quantitative estimate of drug-likeness (QED) is 0.638. The van der Waals surface area contributed by atoms with Crippen LogP contribution in [0.1, 0.15) is 18.5 Å². The maximum absolute atomic E-state index is 11.8. The summed E-state index contributed by atoms with van der Waals surface area (Å²) in [5.74, 6) is -2.69. The molecule has 0 saturated heterocycles. The minimum atomic E-state index is -1.30. The van der Waals surface area contributed by atoms with Crippen LogP contribution in [0.2, 0.25) is 0 Å². The summed E-state index contributed by atoms with van der Waals surface area (Å²) < 4.78 is 7.14. The first-order valence-electron chi connectivity index (χ1n) is 7.18. The van der Waals surface area contributed by atoms with E-state index in [0.29, 0.717) is 11.4 Å². The maximum atomic E-state index is 11.8. The average Bonchev–Trinajstić information content (AvgIpc) is 2.89. The van der Waals surface area contributed by atoms with Crippen LogP contribution in [0, 0.1) is 6.92 Å². The fourth-order valence-electron chi connectivity index (χ4n) is 2.13. The molecular formula is C15H17N3O6. The summed E-state index contributed by atoms with van der Waals surface area (Å²) in [6, 6.07) is 2.10. The fourth-order valence-corrected chi connectivity index (χ4v) is 2.13. The number of hydrogen-bond donors (Lipinski definition) is 3. The maximum Gasteiger partial charge on any atom is 0.326 e. The molecule has 0 fully saturated rings. The van der Waals surface area contributed by atoms with Crippen molar-refractivity contribution in [3.05, 3.63) is 30.2 Å². The lowest BCUT2D eigenvalue weighted by molar-refractivity contribution is -0.143. The van der Waals surface area contributed by atoms with Crippen LogP contribution in [0.25, 0.3) is 5.65 Å². The molecule has 9 nitrogen and oxygen atoms in total. The number of aliphatic carboxylic acids is 2. The second kappa shape index (κ2) is 7.44. The number of carboxylic acid groups (broad SMARTS) is 2. The Morgan fingerprint density at radius 2 is 2.12 bits per heavy atom. The zero-order valence-corrected chi connectivity index (χ0v) is 12.9. The Hall–Kier alpha value is -3.10. The number of aromatic nitrogens is 2. The standard InChI is InChI=1S/C15H17N3O6/c1-9-7-18-6-2-3-11(14(18)16-9)24-8-12(19)17-10(15(22)23)4-5-13(20)21/h2-3,6-7,10H,4-5,8H2,1H3,(H,17,19)(H,20,21)(H,22,23). The monoisotopic (exact) mass is 335 g/mol. The number of carbonyl (C=O) groups is 3. The topological polar surface area (TPSA) is 130 Å². The lowest BCUT2D eigenvalue weighted by Crippen LogP contribution is -2.43. The minimum absolute atomic E-state index is 0.203. The molecular weight excluding hydrogens is 318 g/mol. The van der Waals surface area contributed by atoms with Crippen molar-refractivity contribution in [2.75, 3.05) is 6.61 Å². The normalized spacial score (nSPS) is 11.9. The molecule has 2 heterocycles. The smallest absolute Gasteiger partial charge is 0.326 e. The van der Waals surface area contributed by atoms with Crippen LogP contribution in [0.5, 0.6) is 5.75 Å². The van der Waals surface area contributed by atoms with Gasteiger partial charge in [-0.1, -0.05) is 0 Å². The second-order valence-electron chi connectivity index (χ2n) is 5.17. The molecule has 2 rings (SSSR count).